The zero-order valence-corrected chi connectivity index (χ0v) is 20.8. The highest BCUT2D eigenvalue weighted by atomic mass is 79.9. The number of aliphatic hydroxyl groups excluding tert-OH is 4. The van der Waals surface area contributed by atoms with E-state index in [1.807, 2.05) is 0 Å². The number of ether oxygens (including phenoxy) is 2. The summed E-state index contributed by atoms with van der Waals surface area (Å²) in [6, 6.07) is 0. The van der Waals surface area contributed by atoms with Crippen molar-refractivity contribution in [1.29, 1.82) is 0 Å². The van der Waals surface area contributed by atoms with Gasteiger partial charge in [0, 0.05) is 0 Å². The van der Waals surface area contributed by atoms with Crippen LogP contribution in [0.3, 0.4) is 0 Å². The van der Waals surface area contributed by atoms with Crippen molar-refractivity contribution in [2.45, 2.75) is 102 Å². The number of quaternary nitrogens is 1. The largest absolute Gasteiger partial charge is 1.00 e. The molecule has 0 aromatic carbocycles. The van der Waals surface area contributed by atoms with E-state index in [9.17, 15) is 20.4 Å². The van der Waals surface area contributed by atoms with E-state index in [1.54, 1.807) is 0 Å². The maximum absolute atomic E-state index is 10.0. The number of nitrogens with zero attached hydrogens (tertiary/aromatic N) is 1. The van der Waals surface area contributed by atoms with Crippen molar-refractivity contribution in [2.24, 2.45) is 0 Å². The van der Waals surface area contributed by atoms with Gasteiger partial charge in [0.1, 0.15) is 31.0 Å². The highest BCUT2D eigenvalue weighted by Crippen LogP contribution is 2.22. The first-order valence-corrected chi connectivity index (χ1v) is 11.6. The Bertz CT molecular complexity index is 413. The van der Waals surface area contributed by atoms with E-state index in [0.29, 0.717) is 6.61 Å². The van der Waals surface area contributed by atoms with E-state index < -0.39 is 37.3 Å². The fraction of sp³-hybridized carbons (Fsp3) is 1.00. The second-order valence-corrected chi connectivity index (χ2v) is 9.13. The minimum absolute atomic E-state index is 0. The molecule has 30 heavy (non-hydrogen) atoms. The van der Waals surface area contributed by atoms with Gasteiger partial charge in [0.05, 0.1) is 33.9 Å². The molecule has 7 nitrogen and oxygen atoms in total. The molecule has 0 bridgehead atoms. The third-order valence-electron chi connectivity index (χ3n) is 5.94. The first-order chi connectivity index (χ1) is 13.8. The lowest BCUT2D eigenvalue weighted by molar-refractivity contribution is -0.891. The van der Waals surface area contributed by atoms with Crippen LogP contribution in [0.1, 0.15) is 71.1 Å². The van der Waals surface area contributed by atoms with E-state index in [4.69, 9.17) is 9.47 Å². The van der Waals surface area contributed by atoms with Gasteiger partial charge in [-0.25, -0.2) is 0 Å². The van der Waals surface area contributed by atoms with Gasteiger partial charge in [-0.3, -0.25) is 0 Å². The van der Waals surface area contributed by atoms with Crippen molar-refractivity contribution in [3.8, 4) is 0 Å². The van der Waals surface area contributed by atoms with Gasteiger partial charge in [-0.2, -0.15) is 0 Å². The Morgan fingerprint density at radius 3 is 1.83 bits per heavy atom. The standard InChI is InChI=1S/C22H46NO6.BrH/c1-4-5-6-7-8-9-10-11-12-13-14-23(2,3)15-16-28-22-21(27)20(26)19(25)18(17-24)29-22;/h18-22,24-27H,4-17H2,1-3H3;1H/q+1;/p-1. The van der Waals surface area contributed by atoms with Gasteiger partial charge in [0.25, 0.3) is 0 Å². The van der Waals surface area contributed by atoms with Crippen LogP contribution in [-0.4, -0.2) is 96.0 Å². The maximum Gasteiger partial charge on any atom is 0.186 e. The smallest absolute Gasteiger partial charge is 0.186 e. The van der Waals surface area contributed by atoms with Gasteiger partial charge in [-0.05, 0) is 12.8 Å². The number of rotatable bonds is 16. The van der Waals surface area contributed by atoms with Crippen LogP contribution in [0.5, 0.6) is 0 Å². The van der Waals surface area contributed by atoms with Crippen LogP contribution in [0.4, 0.5) is 0 Å². The van der Waals surface area contributed by atoms with Crippen molar-refractivity contribution in [3.05, 3.63) is 0 Å². The SMILES string of the molecule is CCCCCCCCCCCC[N+](C)(C)CCOC1OC(CO)C(O)C(O)C1O.[Br-]. The van der Waals surface area contributed by atoms with Gasteiger partial charge >= 0.3 is 0 Å². The van der Waals surface area contributed by atoms with Crippen molar-refractivity contribution in [3.63, 3.8) is 0 Å². The molecule has 0 spiro atoms. The van der Waals surface area contributed by atoms with Crippen LogP contribution in [0.2, 0.25) is 0 Å². The minimum atomic E-state index is -1.39. The van der Waals surface area contributed by atoms with Gasteiger partial charge in [-0.15, -0.1) is 0 Å². The highest BCUT2D eigenvalue weighted by Gasteiger charge is 2.44. The van der Waals surface area contributed by atoms with E-state index in [0.717, 1.165) is 17.6 Å². The molecule has 0 aromatic heterocycles. The molecule has 0 saturated carbocycles. The van der Waals surface area contributed by atoms with Crippen LogP contribution in [0, 0.1) is 0 Å². The van der Waals surface area contributed by atoms with Crippen molar-refractivity contribution in [2.75, 3.05) is 40.4 Å². The quantitative estimate of drug-likeness (QED) is 0.157. The highest BCUT2D eigenvalue weighted by molar-refractivity contribution is 4.88. The Labute approximate surface area is 193 Å². The Kier molecular flexibility index (Phi) is 16.9. The third kappa shape index (κ3) is 11.7. The molecule has 4 N–H and O–H groups in total. The lowest BCUT2D eigenvalue weighted by atomic mass is 9.99. The topological polar surface area (TPSA) is 99.4 Å². The Hall–Kier alpha value is 0.200. The monoisotopic (exact) mass is 499 g/mol. The van der Waals surface area contributed by atoms with E-state index in [2.05, 4.69) is 21.0 Å². The summed E-state index contributed by atoms with van der Waals surface area (Å²) < 4.78 is 11.8. The second-order valence-electron chi connectivity index (χ2n) is 9.13. The summed E-state index contributed by atoms with van der Waals surface area (Å²) in [6.07, 6.45) is 7.21. The molecule has 8 heteroatoms. The molecule has 5 atom stereocenters. The van der Waals surface area contributed by atoms with E-state index in [1.165, 1.54) is 64.2 Å². The summed E-state index contributed by atoms with van der Waals surface area (Å²) in [4.78, 5) is 0. The van der Waals surface area contributed by atoms with E-state index in [-0.39, 0.29) is 17.0 Å². The average Bonchev–Trinajstić information content (AvgIpc) is 2.69. The summed E-state index contributed by atoms with van der Waals surface area (Å²) in [5.74, 6) is 0. The molecular weight excluding hydrogens is 454 g/mol. The number of hydrogen-bond acceptors (Lipinski definition) is 6. The molecule has 0 aromatic rings. The molecule has 0 radical (unpaired) electrons. The van der Waals surface area contributed by atoms with E-state index >= 15 is 0 Å². The van der Waals surface area contributed by atoms with Gasteiger partial charge in [-0.1, -0.05) is 58.3 Å². The van der Waals surface area contributed by atoms with Crippen LogP contribution >= 0.6 is 0 Å². The predicted octanol–water partition coefficient (Wildman–Crippen LogP) is -1.20. The first-order valence-electron chi connectivity index (χ1n) is 11.6. The molecule has 0 aliphatic carbocycles. The molecule has 1 fully saturated rings. The maximum atomic E-state index is 10.0. The Morgan fingerprint density at radius 1 is 0.767 bits per heavy atom. The normalized spacial score (nSPS) is 27.1. The fourth-order valence-corrected chi connectivity index (χ4v) is 3.76. The minimum Gasteiger partial charge on any atom is -1.00 e. The molecule has 1 aliphatic heterocycles. The van der Waals surface area contributed by atoms with Crippen molar-refractivity contribution < 1.29 is 51.4 Å². The number of likely N-dealkylation sites (N-methyl/N-ethyl adjacent to an activating group) is 1. The number of halogens is 1. The zero-order valence-electron chi connectivity index (χ0n) is 19.2. The number of hydrogen-bond donors (Lipinski definition) is 4. The molecular formula is C22H46BrNO6. The fourth-order valence-electron chi connectivity index (χ4n) is 3.76. The summed E-state index contributed by atoms with van der Waals surface area (Å²) in [5, 5.41) is 38.8. The molecule has 182 valence electrons. The summed E-state index contributed by atoms with van der Waals surface area (Å²) in [6.45, 7) is 4.00. The molecule has 1 saturated heterocycles. The van der Waals surface area contributed by atoms with Gasteiger partial charge in [0.2, 0.25) is 0 Å². The average molecular weight is 501 g/mol. The van der Waals surface area contributed by atoms with Crippen LogP contribution < -0.4 is 17.0 Å². The second kappa shape index (κ2) is 16.8. The number of unbranched alkanes of at least 4 members (excludes halogenated alkanes) is 9. The lowest BCUT2D eigenvalue weighted by Gasteiger charge is -2.40. The van der Waals surface area contributed by atoms with Crippen LogP contribution in [0.25, 0.3) is 0 Å². The molecule has 0 amide bonds. The third-order valence-corrected chi connectivity index (χ3v) is 5.94. The molecule has 5 unspecified atom stereocenters. The Balaban J connectivity index is 0.00000841. The first kappa shape index (κ1) is 30.2. The summed E-state index contributed by atoms with van der Waals surface area (Å²) in [7, 11) is 4.31. The summed E-state index contributed by atoms with van der Waals surface area (Å²) >= 11 is 0. The van der Waals surface area contributed by atoms with Gasteiger partial charge in [0.15, 0.2) is 6.29 Å². The van der Waals surface area contributed by atoms with Gasteiger partial charge < -0.3 is 51.4 Å². The zero-order chi connectivity index (χ0) is 21.7. The molecule has 1 heterocycles. The Morgan fingerprint density at radius 2 is 1.30 bits per heavy atom. The predicted molar refractivity (Wildman–Crippen MR) is 113 cm³/mol. The van der Waals surface area contributed by atoms with Crippen LogP contribution in [0.15, 0.2) is 0 Å². The van der Waals surface area contributed by atoms with Crippen molar-refractivity contribution in [1.82, 2.24) is 0 Å². The lowest BCUT2D eigenvalue weighted by Crippen LogP contribution is -3.00. The van der Waals surface area contributed by atoms with Crippen LogP contribution in [-0.2, 0) is 9.47 Å². The summed E-state index contributed by atoms with van der Waals surface area (Å²) in [5.41, 5.74) is 0. The van der Waals surface area contributed by atoms with Crippen molar-refractivity contribution >= 4 is 0 Å². The number of aliphatic hydroxyl groups is 4. The molecule has 1 aliphatic rings. The molecule has 1 rings (SSSR count).